The number of carbonyl (C=O) groups is 2. The molecule has 2 aromatic rings. The predicted octanol–water partition coefficient (Wildman–Crippen LogP) is 4.18. The van der Waals surface area contributed by atoms with Crippen LogP contribution in [-0.4, -0.2) is 23.3 Å². The van der Waals surface area contributed by atoms with E-state index in [2.05, 4.69) is 23.6 Å². The third-order valence-corrected chi connectivity index (χ3v) is 4.55. The van der Waals surface area contributed by atoms with Crippen LogP contribution in [0, 0.1) is 13.8 Å². The first kappa shape index (κ1) is 19.1. The predicted molar refractivity (Wildman–Crippen MR) is 106 cm³/mol. The van der Waals surface area contributed by atoms with Crippen molar-refractivity contribution in [1.82, 2.24) is 0 Å². The first-order valence-electron chi connectivity index (χ1n) is 8.31. The Morgan fingerprint density at radius 3 is 1.88 bits per heavy atom. The maximum absolute atomic E-state index is 12.0. The lowest BCUT2D eigenvalue weighted by atomic mass is 10.1. The Balaban J connectivity index is 1.73. The van der Waals surface area contributed by atoms with Gasteiger partial charge >= 0.3 is 0 Å². The fourth-order valence-corrected chi connectivity index (χ4v) is 3.12. The maximum atomic E-state index is 12.0. The van der Waals surface area contributed by atoms with Crippen molar-refractivity contribution in [2.45, 2.75) is 27.2 Å². The molecular formula is C20H24N2O2S. The molecule has 0 aliphatic carbocycles. The van der Waals surface area contributed by atoms with E-state index < -0.39 is 0 Å². The van der Waals surface area contributed by atoms with Gasteiger partial charge in [0, 0.05) is 11.4 Å². The van der Waals surface area contributed by atoms with E-state index >= 15 is 0 Å². The van der Waals surface area contributed by atoms with Gasteiger partial charge in [0.25, 0.3) is 0 Å². The van der Waals surface area contributed by atoms with E-state index in [-0.39, 0.29) is 23.3 Å². The molecule has 0 saturated carbocycles. The zero-order valence-corrected chi connectivity index (χ0v) is 15.7. The van der Waals surface area contributed by atoms with Crippen molar-refractivity contribution in [2.24, 2.45) is 0 Å². The highest BCUT2D eigenvalue weighted by Crippen LogP contribution is 2.15. The SMILES string of the molecule is CCc1ccc(NC(=O)CSCC(=O)Nc2cc(C)cc(C)c2)cc1. The number of anilines is 2. The van der Waals surface area contributed by atoms with Crippen LogP contribution in [0.4, 0.5) is 11.4 Å². The fourth-order valence-electron chi connectivity index (χ4n) is 2.50. The van der Waals surface area contributed by atoms with Crippen LogP contribution >= 0.6 is 11.8 Å². The first-order valence-corrected chi connectivity index (χ1v) is 9.46. The van der Waals surface area contributed by atoms with Crippen LogP contribution in [0.15, 0.2) is 42.5 Å². The summed E-state index contributed by atoms with van der Waals surface area (Å²) in [4.78, 5) is 23.9. The number of nitrogens with one attached hydrogen (secondary N) is 2. The Labute approximate surface area is 153 Å². The summed E-state index contributed by atoms with van der Waals surface area (Å²) in [7, 11) is 0. The summed E-state index contributed by atoms with van der Waals surface area (Å²) in [6.07, 6.45) is 0.972. The smallest absolute Gasteiger partial charge is 0.234 e. The molecule has 0 fully saturated rings. The van der Waals surface area contributed by atoms with Crippen LogP contribution in [0.1, 0.15) is 23.6 Å². The molecule has 132 valence electrons. The van der Waals surface area contributed by atoms with Crippen molar-refractivity contribution < 1.29 is 9.59 Å². The Hall–Kier alpha value is -2.27. The molecule has 0 atom stereocenters. The van der Waals surface area contributed by atoms with Gasteiger partial charge in [-0.25, -0.2) is 0 Å². The molecule has 0 aliphatic heterocycles. The van der Waals surface area contributed by atoms with Gasteiger partial charge in [0.2, 0.25) is 11.8 Å². The van der Waals surface area contributed by atoms with Crippen LogP contribution in [-0.2, 0) is 16.0 Å². The lowest BCUT2D eigenvalue weighted by molar-refractivity contribution is -0.114. The third-order valence-electron chi connectivity index (χ3n) is 3.62. The number of rotatable bonds is 7. The summed E-state index contributed by atoms with van der Waals surface area (Å²) in [6.45, 7) is 6.08. The number of thioether (sulfide) groups is 1. The summed E-state index contributed by atoms with van der Waals surface area (Å²) in [6, 6.07) is 13.7. The molecule has 2 N–H and O–H groups in total. The van der Waals surface area contributed by atoms with Crippen molar-refractivity contribution in [3.8, 4) is 0 Å². The molecule has 0 aromatic heterocycles. The lowest BCUT2D eigenvalue weighted by Crippen LogP contribution is -2.18. The lowest BCUT2D eigenvalue weighted by Gasteiger charge is -2.08. The summed E-state index contributed by atoms with van der Waals surface area (Å²) < 4.78 is 0. The van der Waals surface area contributed by atoms with E-state index in [1.54, 1.807) is 0 Å². The molecular weight excluding hydrogens is 332 g/mol. The third kappa shape index (κ3) is 6.63. The molecule has 25 heavy (non-hydrogen) atoms. The molecule has 0 heterocycles. The van der Waals surface area contributed by atoms with Crippen LogP contribution in [0.5, 0.6) is 0 Å². The minimum Gasteiger partial charge on any atom is -0.325 e. The average Bonchev–Trinajstić information content (AvgIpc) is 2.54. The van der Waals surface area contributed by atoms with E-state index in [0.29, 0.717) is 0 Å². The molecule has 0 aliphatic rings. The number of hydrogen-bond acceptors (Lipinski definition) is 3. The quantitative estimate of drug-likeness (QED) is 0.782. The second kappa shape index (κ2) is 9.28. The second-order valence-electron chi connectivity index (χ2n) is 6.02. The molecule has 2 amide bonds. The van der Waals surface area contributed by atoms with E-state index in [1.165, 1.54) is 17.3 Å². The fraction of sp³-hybridized carbons (Fsp3) is 0.300. The van der Waals surface area contributed by atoms with E-state index in [0.717, 1.165) is 28.9 Å². The number of hydrogen-bond donors (Lipinski definition) is 2. The van der Waals surface area contributed by atoms with Gasteiger partial charge in [-0.05, 0) is 61.2 Å². The number of aryl methyl sites for hydroxylation is 3. The van der Waals surface area contributed by atoms with Crippen molar-refractivity contribution >= 4 is 35.0 Å². The van der Waals surface area contributed by atoms with Gasteiger partial charge in [-0.2, -0.15) is 0 Å². The van der Waals surface area contributed by atoms with Crippen molar-refractivity contribution in [3.63, 3.8) is 0 Å². The van der Waals surface area contributed by atoms with Gasteiger partial charge in [-0.3, -0.25) is 9.59 Å². The standard InChI is InChI=1S/C20H24N2O2S/c1-4-16-5-7-17(8-6-16)21-19(23)12-25-13-20(24)22-18-10-14(2)9-15(3)11-18/h5-11H,4,12-13H2,1-3H3,(H,21,23)(H,22,24). The van der Waals surface area contributed by atoms with Crippen LogP contribution in [0.2, 0.25) is 0 Å². The highest BCUT2D eigenvalue weighted by molar-refractivity contribution is 8.00. The molecule has 5 heteroatoms. The minimum atomic E-state index is -0.103. The zero-order valence-electron chi connectivity index (χ0n) is 14.9. The Morgan fingerprint density at radius 2 is 1.36 bits per heavy atom. The second-order valence-corrected chi connectivity index (χ2v) is 7.00. The van der Waals surface area contributed by atoms with Gasteiger partial charge in [-0.1, -0.05) is 25.1 Å². The van der Waals surface area contributed by atoms with Crippen LogP contribution in [0.3, 0.4) is 0 Å². The van der Waals surface area contributed by atoms with Gasteiger partial charge in [0.15, 0.2) is 0 Å². The van der Waals surface area contributed by atoms with Gasteiger partial charge in [0.1, 0.15) is 0 Å². The minimum absolute atomic E-state index is 0.102. The molecule has 2 rings (SSSR count). The van der Waals surface area contributed by atoms with Crippen molar-refractivity contribution in [2.75, 3.05) is 22.1 Å². The molecule has 0 saturated heterocycles. The summed E-state index contributed by atoms with van der Waals surface area (Å²) in [5, 5.41) is 5.71. The Bertz CT molecular complexity index is 722. The van der Waals surface area contributed by atoms with Crippen molar-refractivity contribution in [1.29, 1.82) is 0 Å². The van der Waals surface area contributed by atoms with E-state index in [9.17, 15) is 9.59 Å². The number of benzene rings is 2. The summed E-state index contributed by atoms with van der Waals surface area (Å²) >= 11 is 1.30. The van der Waals surface area contributed by atoms with E-state index in [1.807, 2.05) is 50.2 Å². The van der Waals surface area contributed by atoms with Crippen LogP contribution in [0.25, 0.3) is 0 Å². The Morgan fingerprint density at radius 1 is 0.840 bits per heavy atom. The topological polar surface area (TPSA) is 58.2 Å². The normalized spacial score (nSPS) is 10.4. The Kier molecular flexibility index (Phi) is 7.07. The molecule has 0 unspecified atom stereocenters. The average molecular weight is 356 g/mol. The molecule has 2 aromatic carbocycles. The largest absolute Gasteiger partial charge is 0.325 e. The van der Waals surface area contributed by atoms with Gasteiger partial charge in [0.05, 0.1) is 11.5 Å². The molecule has 4 nitrogen and oxygen atoms in total. The van der Waals surface area contributed by atoms with Crippen molar-refractivity contribution in [3.05, 3.63) is 59.2 Å². The molecule has 0 spiro atoms. The molecule has 0 bridgehead atoms. The van der Waals surface area contributed by atoms with Gasteiger partial charge in [-0.15, -0.1) is 11.8 Å². The monoisotopic (exact) mass is 356 g/mol. The number of amides is 2. The maximum Gasteiger partial charge on any atom is 0.234 e. The summed E-state index contributed by atoms with van der Waals surface area (Å²) in [5.41, 5.74) is 5.02. The van der Waals surface area contributed by atoms with Crippen LogP contribution < -0.4 is 10.6 Å². The van der Waals surface area contributed by atoms with Gasteiger partial charge < -0.3 is 10.6 Å². The highest BCUT2D eigenvalue weighted by Gasteiger charge is 2.07. The summed E-state index contributed by atoms with van der Waals surface area (Å²) in [5.74, 6) is 0.286. The number of carbonyl (C=O) groups excluding carboxylic acids is 2. The first-order chi connectivity index (χ1) is 12.0. The zero-order chi connectivity index (χ0) is 18.2. The highest BCUT2D eigenvalue weighted by atomic mass is 32.2. The van der Waals surface area contributed by atoms with E-state index in [4.69, 9.17) is 0 Å². The molecule has 0 radical (unpaired) electrons.